The van der Waals surface area contributed by atoms with Crippen molar-refractivity contribution in [1.82, 2.24) is 14.7 Å². The van der Waals surface area contributed by atoms with E-state index in [2.05, 4.69) is 31.0 Å². The normalized spacial score (nSPS) is 19.2. The van der Waals surface area contributed by atoms with E-state index >= 15 is 0 Å². The molecule has 2 aromatic heterocycles. The van der Waals surface area contributed by atoms with Gasteiger partial charge in [-0.15, -0.1) is 11.3 Å². The van der Waals surface area contributed by atoms with Gasteiger partial charge in [-0.25, -0.2) is 18.1 Å². The maximum Gasteiger partial charge on any atom is 0.250 e. The van der Waals surface area contributed by atoms with Gasteiger partial charge >= 0.3 is 0 Å². The summed E-state index contributed by atoms with van der Waals surface area (Å²) in [5.41, 5.74) is 0.933. The lowest BCUT2D eigenvalue weighted by Crippen LogP contribution is -2.32. The van der Waals surface area contributed by atoms with Crippen molar-refractivity contribution in [2.24, 2.45) is 11.8 Å². The van der Waals surface area contributed by atoms with E-state index in [1.54, 1.807) is 12.1 Å². The van der Waals surface area contributed by atoms with E-state index in [1.165, 1.54) is 11.3 Å². The third-order valence-electron chi connectivity index (χ3n) is 5.90. The number of nitrogens with zero attached hydrogens (tertiary/aromatic N) is 3. The molecular formula is C22H28BrN5O2S2. The summed E-state index contributed by atoms with van der Waals surface area (Å²) in [6.07, 6.45) is 4.17. The summed E-state index contributed by atoms with van der Waals surface area (Å²) in [5.74, 6) is 2.48. The summed E-state index contributed by atoms with van der Waals surface area (Å²) in [6.45, 7) is 1.32. The van der Waals surface area contributed by atoms with Crippen molar-refractivity contribution in [3.63, 3.8) is 0 Å². The van der Waals surface area contributed by atoms with Crippen molar-refractivity contribution >= 4 is 60.0 Å². The third-order valence-corrected chi connectivity index (χ3v) is 9.44. The van der Waals surface area contributed by atoms with Crippen LogP contribution in [0.3, 0.4) is 0 Å². The van der Waals surface area contributed by atoms with Crippen LogP contribution in [0.25, 0.3) is 10.9 Å². The maximum atomic E-state index is 12.4. The van der Waals surface area contributed by atoms with Crippen LogP contribution in [0.1, 0.15) is 25.7 Å². The summed E-state index contributed by atoms with van der Waals surface area (Å²) in [5, 5.41) is 4.48. The molecule has 7 nitrogen and oxygen atoms in total. The molecule has 10 heteroatoms. The SMILES string of the molecule is CN(C)c1nc(NCC2CCC(CNS(=O)(=O)c3ccc(Br)s3)CC2)nc2ccccc12. The zero-order valence-corrected chi connectivity index (χ0v) is 21.4. The first-order valence-corrected chi connectivity index (χ1v) is 13.8. The van der Waals surface area contributed by atoms with E-state index in [0.717, 1.165) is 52.7 Å². The van der Waals surface area contributed by atoms with Gasteiger partial charge in [0, 0.05) is 32.6 Å². The highest BCUT2D eigenvalue weighted by atomic mass is 79.9. The van der Waals surface area contributed by atoms with E-state index < -0.39 is 10.0 Å². The molecule has 2 heterocycles. The fourth-order valence-electron chi connectivity index (χ4n) is 4.10. The highest BCUT2D eigenvalue weighted by molar-refractivity contribution is 9.11. The Hall–Kier alpha value is -1.75. The van der Waals surface area contributed by atoms with Crippen molar-refractivity contribution in [3.8, 4) is 0 Å². The van der Waals surface area contributed by atoms with Gasteiger partial charge in [0.25, 0.3) is 0 Å². The summed E-state index contributed by atoms with van der Waals surface area (Å²) >= 11 is 4.55. The van der Waals surface area contributed by atoms with Gasteiger partial charge in [-0.05, 0) is 77.7 Å². The average Bonchev–Trinajstić information content (AvgIpc) is 3.23. The monoisotopic (exact) mass is 537 g/mol. The zero-order chi connectivity index (χ0) is 22.7. The molecule has 4 rings (SSSR count). The number of anilines is 2. The molecule has 0 aliphatic heterocycles. The fourth-order valence-corrected chi connectivity index (χ4v) is 7.27. The molecule has 1 aromatic carbocycles. The number of halogens is 1. The van der Waals surface area contributed by atoms with Crippen LogP contribution in [0, 0.1) is 11.8 Å². The van der Waals surface area contributed by atoms with Crippen LogP contribution >= 0.6 is 27.3 Å². The quantitative estimate of drug-likeness (QED) is 0.432. The van der Waals surface area contributed by atoms with Crippen LogP contribution in [-0.2, 0) is 10.0 Å². The Kier molecular flexibility index (Phi) is 7.34. The number of hydrogen-bond acceptors (Lipinski definition) is 7. The Balaban J connectivity index is 1.28. The third kappa shape index (κ3) is 5.59. The zero-order valence-electron chi connectivity index (χ0n) is 18.2. The molecule has 0 unspecified atom stereocenters. The van der Waals surface area contributed by atoms with E-state index in [4.69, 9.17) is 4.98 Å². The lowest BCUT2D eigenvalue weighted by Gasteiger charge is -2.28. The fraction of sp³-hybridized carbons (Fsp3) is 0.455. The lowest BCUT2D eigenvalue weighted by atomic mass is 9.82. The van der Waals surface area contributed by atoms with Gasteiger partial charge in [0.1, 0.15) is 10.0 Å². The van der Waals surface area contributed by atoms with Crippen molar-refractivity contribution in [2.75, 3.05) is 37.4 Å². The molecule has 1 aliphatic rings. The number of fused-ring (bicyclic) bond motifs is 1. The minimum absolute atomic E-state index is 0.356. The molecule has 0 atom stereocenters. The molecule has 0 amide bonds. The molecule has 32 heavy (non-hydrogen) atoms. The molecular weight excluding hydrogens is 510 g/mol. The van der Waals surface area contributed by atoms with Crippen LogP contribution in [0.5, 0.6) is 0 Å². The predicted molar refractivity (Wildman–Crippen MR) is 135 cm³/mol. The first-order chi connectivity index (χ1) is 15.3. The first kappa shape index (κ1) is 23.4. The number of aromatic nitrogens is 2. The summed E-state index contributed by atoms with van der Waals surface area (Å²) in [7, 11) is 0.561. The standard InChI is InChI=1S/C22H28BrN5O2S2/c1-28(2)21-17-5-3-4-6-18(17)26-22(27-21)24-13-15-7-9-16(10-8-15)14-25-32(29,30)20-12-11-19(23)31-20/h3-6,11-12,15-16,25H,7-10,13-14H2,1-2H3,(H,24,26,27). The lowest BCUT2D eigenvalue weighted by molar-refractivity contribution is 0.284. The summed E-state index contributed by atoms with van der Waals surface area (Å²) in [4.78, 5) is 11.4. The van der Waals surface area contributed by atoms with Crippen LogP contribution < -0.4 is 14.9 Å². The van der Waals surface area contributed by atoms with Crippen molar-refractivity contribution in [3.05, 3.63) is 40.2 Å². The number of rotatable bonds is 8. The Morgan fingerprint density at radius 2 is 1.72 bits per heavy atom. The Bertz CT molecular complexity index is 1170. The van der Waals surface area contributed by atoms with Gasteiger partial charge in [-0.3, -0.25) is 0 Å². The number of thiophene rings is 1. The maximum absolute atomic E-state index is 12.4. The molecule has 3 aromatic rings. The van der Waals surface area contributed by atoms with Gasteiger partial charge in [0.2, 0.25) is 16.0 Å². The number of benzene rings is 1. The average molecular weight is 539 g/mol. The smallest absolute Gasteiger partial charge is 0.250 e. The predicted octanol–water partition coefficient (Wildman–Crippen LogP) is 4.72. The van der Waals surface area contributed by atoms with E-state index in [9.17, 15) is 8.42 Å². The van der Waals surface area contributed by atoms with Crippen molar-refractivity contribution in [2.45, 2.75) is 29.9 Å². The molecule has 0 bridgehead atoms. The molecule has 0 spiro atoms. The molecule has 0 saturated heterocycles. The largest absolute Gasteiger partial charge is 0.362 e. The Morgan fingerprint density at radius 1 is 1.03 bits per heavy atom. The highest BCUT2D eigenvalue weighted by Gasteiger charge is 2.24. The van der Waals surface area contributed by atoms with Gasteiger partial charge in [0.05, 0.1) is 9.30 Å². The number of sulfonamides is 1. The Labute approximate surface area is 201 Å². The molecule has 172 valence electrons. The summed E-state index contributed by atoms with van der Waals surface area (Å²) in [6, 6.07) is 11.4. The van der Waals surface area contributed by atoms with Gasteiger partial charge in [0.15, 0.2) is 0 Å². The van der Waals surface area contributed by atoms with Crippen LogP contribution in [0.4, 0.5) is 11.8 Å². The second-order valence-electron chi connectivity index (χ2n) is 8.46. The second-order valence-corrected chi connectivity index (χ2v) is 12.9. The Morgan fingerprint density at radius 3 is 2.38 bits per heavy atom. The van der Waals surface area contributed by atoms with Gasteiger partial charge in [-0.2, -0.15) is 4.98 Å². The minimum Gasteiger partial charge on any atom is -0.362 e. The van der Waals surface area contributed by atoms with Gasteiger partial charge < -0.3 is 10.2 Å². The molecule has 1 aliphatic carbocycles. The number of para-hydroxylation sites is 1. The van der Waals surface area contributed by atoms with Crippen LogP contribution in [-0.4, -0.2) is 45.6 Å². The number of hydrogen-bond donors (Lipinski definition) is 2. The molecule has 2 N–H and O–H groups in total. The minimum atomic E-state index is -3.42. The van der Waals surface area contributed by atoms with Crippen molar-refractivity contribution in [1.29, 1.82) is 0 Å². The van der Waals surface area contributed by atoms with Crippen LogP contribution in [0.2, 0.25) is 0 Å². The first-order valence-electron chi connectivity index (χ1n) is 10.7. The van der Waals surface area contributed by atoms with E-state index in [0.29, 0.717) is 28.5 Å². The molecule has 0 radical (unpaired) electrons. The topological polar surface area (TPSA) is 87.2 Å². The van der Waals surface area contributed by atoms with Gasteiger partial charge in [-0.1, -0.05) is 12.1 Å². The van der Waals surface area contributed by atoms with Crippen molar-refractivity contribution < 1.29 is 8.42 Å². The highest BCUT2D eigenvalue weighted by Crippen LogP contribution is 2.30. The number of nitrogens with one attached hydrogen (secondary N) is 2. The van der Waals surface area contributed by atoms with Crippen LogP contribution in [0.15, 0.2) is 44.4 Å². The van der Waals surface area contributed by atoms with E-state index in [1.807, 2.05) is 43.3 Å². The molecule has 1 fully saturated rings. The van der Waals surface area contributed by atoms with E-state index in [-0.39, 0.29) is 0 Å². The molecule has 1 saturated carbocycles. The summed E-state index contributed by atoms with van der Waals surface area (Å²) < 4.78 is 28.8. The second kappa shape index (κ2) is 10.0.